The van der Waals surface area contributed by atoms with E-state index in [-0.39, 0.29) is 18.2 Å². The molecular weight excluding hydrogens is 528 g/mol. The minimum absolute atomic E-state index is 0.164. The number of hydroxylamine groups is 2. The highest BCUT2D eigenvalue weighted by Crippen LogP contribution is 2.37. The zero-order chi connectivity index (χ0) is 30.1. The fraction of sp³-hybridized carbons (Fsp3) is 0.382. The largest absolute Gasteiger partial charge is 0.444 e. The molecule has 0 aliphatic rings. The molecule has 7 heteroatoms. The molecule has 0 bridgehead atoms. The van der Waals surface area contributed by atoms with Gasteiger partial charge in [0.15, 0.2) is 0 Å². The first-order chi connectivity index (χ1) is 19.4. The maximum atomic E-state index is 13.1. The lowest BCUT2D eigenvalue weighted by atomic mass is 10.0. The van der Waals surface area contributed by atoms with Crippen LogP contribution < -0.4 is 15.7 Å². The molecule has 0 radical (unpaired) electrons. The zero-order valence-electron chi connectivity index (χ0n) is 25.3. The van der Waals surface area contributed by atoms with Gasteiger partial charge in [-0.2, -0.15) is 5.06 Å². The van der Waals surface area contributed by atoms with Crippen LogP contribution in [-0.4, -0.2) is 49.0 Å². The van der Waals surface area contributed by atoms with Crippen LogP contribution in [0.4, 0.5) is 4.79 Å². The molecule has 0 aliphatic carbocycles. The Kier molecular flexibility index (Phi) is 11.1. The Morgan fingerprint density at radius 2 is 1.39 bits per heavy atom. The normalized spacial score (nSPS) is 13.9. The number of nitrogens with one attached hydrogen (secondary N) is 1. The third kappa shape index (κ3) is 8.63. The fourth-order valence-electron chi connectivity index (χ4n) is 5.24. The molecule has 0 aliphatic heterocycles. The van der Waals surface area contributed by atoms with E-state index >= 15 is 0 Å². The molecule has 0 unspecified atom stereocenters. The third-order valence-electron chi connectivity index (χ3n) is 7.04. The van der Waals surface area contributed by atoms with Crippen molar-refractivity contribution in [3.63, 3.8) is 0 Å². The molecule has 3 aromatic rings. The maximum Gasteiger partial charge on any atom is 0.408 e. The monoisotopic (exact) mass is 574 g/mol. The van der Waals surface area contributed by atoms with Crippen LogP contribution in [0.3, 0.4) is 0 Å². The van der Waals surface area contributed by atoms with Crippen molar-refractivity contribution in [1.29, 1.82) is 0 Å². The number of alkyl carbamates (subject to hydrolysis) is 1. The number of carbonyl (C=O) groups excluding carboxylic acids is 1. The van der Waals surface area contributed by atoms with E-state index < -0.39 is 32.1 Å². The number of hydrogen-bond acceptors (Lipinski definition) is 5. The summed E-state index contributed by atoms with van der Waals surface area (Å²) >= 11 is 0. The Hall–Kier alpha value is -3.23. The van der Waals surface area contributed by atoms with Gasteiger partial charge >= 0.3 is 6.09 Å². The average molecular weight is 575 g/mol. The Labute approximate surface area is 247 Å². The Balaban J connectivity index is 2.05. The summed E-state index contributed by atoms with van der Waals surface area (Å²) in [6.07, 6.45) is 1.62. The summed E-state index contributed by atoms with van der Waals surface area (Å²) in [5.41, 5.74) is 0.276. The van der Waals surface area contributed by atoms with Crippen LogP contribution >= 0.6 is 0 Å². The lowest BCUT2D eigenvalue weighted by molar-refractivity contribution is -0.145. The smallest absolute Gasteiger partial charge is 0.408 e. The van der Waals surface area contributed by atoms with Crippen molar-refractivity contribution in [2.75, 3.05) is 6.61 Å². The van der Waals surface area contributed by atoms with E-state index in [2.05, 4.69) is 56.9 Å². The SMILES string of the molecule is C=CC[C@H]([C@H](CO[Si](c1ccccc1)(c1ccccc1)C(C)(C)C)NC(=O)OC(C)(C)C)N(O)Cc1ccccc1. The minimum atomic E-state index is -2.91. The first kappa shape index (κ1) is 32.3. The summed E-state index contributed by atoms with van der Waals surface area (Å²) in [5, 5.41) is 17.7. The zero-order valence-corrected chi connectivity index (χ0v) is 26.3. The molecule has 1 amide bonds. The Morgan fingerprint density at radius 1 is 0.902 bits per heavy atom. The van der Waals surface area contributed by atoms with E-state index in [0.717, 1.165) is 15.9 Å². The van der Waals surface area contributed by atoms with Gasteiger partial charge in [-0.3, -0.25) is 0 Å². The Bertz CT molecular complexity index is 1180. The van der Waals surface area contributed by atoms with Crippen LogP contribution in [0.2, 0.25) is 5.04 Å². The minimum Gasteiger partial charge on any atom is -0.444 e. The summed E-state index contributed by atoms with van der Waals surface area (Å²) in [6.45, 7) is 16.5. The van der Waals surface area contributed by atoms with E-state index in [1.807, 2.05) is 87.5 Å². The van der Waals surface area contributed by atoms with Crippen LogP contribution in [0.1, 0.15) is 53.5 Å². The van der Waals surface area contributed by atoms with Gasteiger partial charge in [-0.1, -0.05) is 118 Å². The van der Waals surface area contributed by atoms with Crippen molar-refractivity contribution < 1.29 is 19.2 Å². The van der Waals surface area contributed by atoms with E-state index in [1.165, 1.54) is 5.06 Å². The number of amides is 1. The highest BCUT2D eigenvalue weighted by Gasteiger charge is 2.50. The molecule has 2 N–H and O–H groups in total. The topological polar surface area (TPSA) is 71.0 Å². The Morgan fingerprint density at radius 3 is 1.83 bits per heavy atom. The van der Waals surface area contributed by atoms with Gasteiger partial charge in [0.1, 0.15) is 5.60 Å². The average Bonchev–Trinajstić information content (AvgIpc) is 2.91. The van der Waals surface area contributed by atoms with Crippen molar-refractivity contribution >= 4 is 24.8 Å². The molecule has 220 valence electrons. The van der Waals surface area contributed by atoms with Gasteiger partial charge < -0.3 is 19.7 Å². The van der Waals surface area contributed by atoms with Crippen molar-refractivity contribution in [3.8, 4) is 0 Å². The summed E-state index contributed by atoms with van der Waals surface area (Å²) in [6, 6.07) is 29.4. The highest BCUT2D eigenvalue weighted by atomic mass is 28.4. The standard InChI is InChI=1S/C34H46N2O4Si/c1-8-18-31(36(38)25-27-19-12-9-13-20-27)30(35-32(37)40-33(2,3)4)26-39-41(34(5,6)7,28-21-14-10-15-22-28)29-23-16-11-17-24-29/h8-17,19-24,30-31,38H,1,18,25-26H2,2-7H3,(H,35,37)/t30-,31+/m0/s1. The number of carbonyl (C=O) groups is 1. The van der Waals surface area contributed by atoms with Crippen LogP contribution in [-0.2, 0) is 15.7 Å². The lowest BCUT2D eigenvalue weighted by Gasteiger charge is -2.44. The fourth-order valence-corrected chi connectivity index (χ4v) is 9.82. The summed E-state index contributed by atoms with van der Waals surface area (Å²) in [4.78, 5) is 13.1. The van der Waals surface area contributed by atoms with E-state index in [0.29, 0.717) is 6.42 Å². The number of rotatable bonds is 12. The van der Waals surface area contributed by atoms with Gasteiger partial charge in [0.05, 0.1) is 18.7 Å². The van der Waals surface area contributed by atoms with Gasteiger partial charge in [-0.05, 0) is 48.2 Å². The van der Waals surface area contributed by atoms with E-state index in [4.69, 9.17) is 9.16 Å². The molecule has 0 spiro atoms. The molecule has 3 aromatic carbocycles. The van der Waals surface area contributed by atoms with Crippen LogP contribution in [0, 0.1) is 0 Å². The molecule has 3 rings (SSSR count). The predicted octanol–water partition coefficient (Wildman–Crippen LogP) is 6.29. The highest BCUT2D eigenvalue weighted by molar-refractivity contribution is 6.99. The second kappa shape index (κ2) is 14.1. The molecular formula is C34H46N2O4Si. The first-order valence-corrected chi connectivity index (χ1v) is 16.1. The van der Waals surface area contributed by atoms with Crippen LogP contribution in [0.5, 0.6) is 0 Å². The van der Waals surface area contributed by atoms with Gasteiger partial charge in [-0.15, -0.1) is 6.58 Å². The first-order valence-electron chi connectivity index (χ1n) is 14.2. The van der Waals surface area contributed by atoms with Gasteiger partial charge in [-0.25, -0.2) is 4.79 Å². The number of nitrogens with zero attached hydrogens (tertiary/aromatic N) is 1. The van der Waals surface area contributed by atoms with Crippen LogP contribution in [0.15, 0.2) is 104 Å². The van der Waals surface area contributed by atoms with E-state index in [9.17, 15) is 10.0 Å². The molecule has 0 aromatic heterocycles. The quantitative estimate of drug-likeness (QED) is 0.151. The predicted molar refractivity (Wildman–Crippen MR) is 169 cm³/mol. The molecule has 6 nitrogen and oxygen atoms in total. The van der Waals surface area contributed by atoms with E-state index in [1.54, 1.807) is 6.08 Å². The second-order valence-corrected chi connectivity index (χ2v) is 16.7. The van der Waals surface area contributed by atoms with Crippen molar-refractivity contribution in [1.82, 2.24) is 10.4 Å². The molecule has 41 heavy (non-hydrogen) atoms. The summed E-state index contributed by atoms with van der Waals surface area (Å²) in [5.74, 6) is 0. The molecule has 0 saturated heterocycles. The van der Waals surface area contributed by atoms with Gasteiger partial charge in [0.25, 0.3) is 8.32 Å². The van der Waals surface area contributed by atoms with Crippen molar-refractivity contribution in [2.45, 2.75) is 77.2 Å². The summed E-state index contributed by atoms with van der Waals surface area (Å²) in [7, 11) is -2.91. The lowest BCUT2D eigenvalue weighted by Crippen LogP contribution is -2.68. The molecule has 0 heterocycles. The summed E-state index contributed by atoms with van der Waals surface area (Å²) < 4.78 is 12.8. The van der Waals surface area contributed by atoms with Crippen LogP contribution in [0.25, 0.3) is 0 Å². The van der Waals surface area contributed by atoms with Crippen molar-refractivity contribution in [2.24, 2.45) is 0 Å². The molecule has 2 atom stereocenters. The third-order valence-corrected chi connectivity index (χ3v) is 12.0. The number of hydrogen-bond donors (Lipinski definition) is 2. The molecule has 0 saturated carbocycles. The number of ether oxygens (including phenoxy) is 1. The molecule has 0 fully saturated rings. The van der Waals surface area contributed by atoms with Gasteiger partial charge in [0.2, 0.25) is 0 Å². The van der Waals surface area contributed by atoms with Crippen molar-refractivity contribution in [3.05, 3.63) is 109 Å². The maximum absolute atomic E-state index is 13.1. The van der Waals surface area contributed by atoms with Gasteiger partial charge in [0, 0.05) is 6.54 Å². The number of benzene rings is 3. The second-order valence-electron chi connectivity index (χ2n) is 12.4.